The van der Waals surface area contributed by atoms with Crippen molar-refractivity contribution < 1.29 is 14.6 Å². The molecule has 2 aromatic rings. The number of nitrogens with two attached hydrogens (primary N) is 1. The minimum absolute atomic E-state index is 0.0590. The fraction of sp³-hybridized carbons (Fsp3) is 0.538. The maximum Gasteiger partial charge on any atom is 0.266 e. The number of benzene rings is 1. The largest absolute Gasteiger partial charge is 0.507 e. The number of carbonyl (C=O) groups excluding carboxylic acids is 1. The first kappa shape index (κ1) is 23.4. The van der Waals surface area contributed by atoms with Crippen molar-refractivity contribution in [3.8, 4) is 11.5 Å². The van der Waals surface area contributed by atoms with Crippen LogP contribution in [0.25, 0.3) is 0 Å². The SMILES string of the molecule is Cc1cc(N)nc(CCN2CCN(C(=O)C3(C)CCc4c(C)c(O)c(C)c(C)c4O3)CC2)c1. The third-order valence-corrected chi connectivity index (χ3v) is 7.36. The molecule has 1 aromatic carbocycles. The Bertz CT molecular complexity index is 1060. The van der Waals surface area contributed by atoms with E-state index in [1.165, 1.54) is 0 Å². The van der Waals surface area contributed by atoms with Crippen LogP contribution in [0, 0.1) is 27.7 Å². The van der Waals surface area contributed by atoms with Gasteiger partial charge in [-0.05, 0) is 75.4 Å². The Morgan fingerprint density at radius 3 is 2.48 bits per heavy atom. The average molecular weight is 453 g/mol. The summed E-state index contributed by atoms with van der Waals surface area (Å²) >= 11 is 0. The highest BCUT2D eigenvalue weighted by Gasteiger charge is 2.43. The molecule has 0 saturated carbocycles. The van der Waals surface area contributed by atoms with Gasteiger partial charge in [0, 0.05) is 56.8 Å². The number of phenolic OH excluding ortho intramolecular Hbond substituents is 1. The van der Waals surface area contributed by atoms with Gasteiger partial charge in [-0.25, -0.2) is 4.98 Å². The number of aromatic nitrogens is 1. The number of carbonyl (C=O) groups is 1. The molecule has 1 amide bonds. The third kappa shape index (κ3) is 4.51. The Kier molecular flexibility index (Phi) is 6.27. The molecule has 1 unspecified atom stereocenters. The molecule has 3 heterocycles. The van der Waals surface area contributed by atoms with Gasteiger partial charge in [0.1, 0.15) is 17.3 Å². The van der Waals surface area contributed by atoms with Crippen LogP contribution in [0.1, 0.15) is 46.9 Å². The summed E-state index contributed by atoms with van der Waals surface area (Å²) in [6.07, 6.45) is 2.19. The van der Waals surface area contributed by atoms with E-state index >= 15 is 0 Å². The van der Waals surface area contributed by atoms with Gasteiger partial charge in [0.15, 0.2) is 5.60 Å². The molecular weight excluding hydrogens is 416 g/mol. The first-order chi connectivity index (χ1) is 15.6. The number of ether oxygens (including phenoxy) is 1. The molecule has 3 N–H and O–H groups in total. The highest BCUT2D eigenvalue weighted by atomic mass is 16.5. The Balaban J connectivity index is 1.38. The van der Waals surface area contributed by atoms with E-state index in [1.807, 2.05) is 45.6 Å². The summed E-state index contributed by atoms with van der Waals surface area (Å²) in [5.74, 6) is 1.74. The topological polar surface area (TPSA) is 91.9 Å². The molecule has 1 fully saturated rings. The summed E-state index contributed by atoms with van der Waals surface area (Å²) in [6, 6.07) is 3.97. The number of hydrogen-bond acceptors (Lipinski definition) is 6. The number of nitrogen functional groups attached to an aromatic ring is 1. The van der Waals surface area contributed by atoms with E-state index in [0.29, 0.717) is 31.1 Å². The lowest BCUT2D eigenvalue weighted by molar-refractivity contribution is -0.150. The van der Waals surface area contributed by atoms with Gasteiger partial charge in [-0.15, -0.1) is 0 Å². The second-order valence-corrected chi connectivity index (χ2v) is 9.81. The Morgan fingerprint density at radius 2 is 1.82 bits per heavy atom. The average Bonchev–Trinajstić information content (AvgIpc) is 2.79. The van der Waals surface area contributed by atoms with E-state index in [4.69, 9.17) is 10.5 Å². The quantitative estimate of drug-likeness (QED) is 0.741. The lowest BCUT2D eigenvalue weighted by Gasteiger charge is -2.42. The second kappa shape index (κ2) is 8.86. The molecule has 7 heteroatoms. The molecule has 0 aliphatic carbocycles. The van der Waals surface area contributed by atoms with E-state index in [1.54, 1.807) is 0 Å². The summed E-state index contributed by atoms with van der Waals surface area (Å²) in [5.41, 5.74) is 10.8. The lowest BCUT2D eigenvalue weighted by Crippen LogP contribution is -2.57. The van der Waals surface area contributed by atoms with Gasteiger partial charge in [0.2, 0.25) is 0 Å². The molecule has 33 heavy (non-hydrogen) atoms. The predicted molar refractivity (Wildman–Crippen MR) is 130 cm³/mol. The minimum atomic E-state index is -0.876. The highest BCUT2D eigenvalue weighted by Crippen LogP contribution is 2.43. The van der Waals surface area contributed by atoms with Crippen molar-refractivity contribution in [2.75, 3.05) is 38.5 Å². The number of aromatic hydroxyl groups is 1. The zero-order valence-electron chi connectivity index (χ0n) is 20.5. The summed E-state index contributed by atoms with van der Waals surface area (Å²) in [5, 5.41) is 10.4. The van der Waals surface area contributed by atoms with Gasteiger partial charge in [-0.3, -0.25) is 9.69 Å². The standard InChI is InChI=1S/C26H36N4O3/c1-16-14-20(28-22(27)15-16)7-9-29-10-12-30(13-11-29)25(32)26(5)8-6-21-19(4)23(31)17(2)18(3)24(21)33-26/h14-15,31H,6-13H2,1-5H3,(H2,27,28). The molecule has 4 rings (SSSR count). The van der Waals surface area contributed by atoms with Crippen molar-refractivity contribution in [1.82, 2.24) is 14.8 Å². The van der Waals surface area contributed by atoms with Crippen LogP contribution in [0.5, 0.6) is 11.5 Å². The van der Waals surface area contributed by atoms with E-state index in [9.17, 15) is 9.90 Å². The maximum atomic E-state index is 13.5. The number of phenols is 1. The van der Waals surface area contributed by atoms with Crippen LogP contribution in [0.4, 0.5) is 5.82 Å². The molecule has 178 valence electrons. The number of amides is 1. The number of pyridine rings is 1. The zero-order chi connectivity index (χ0) is 23.9. The van der Waals surface area contributed by atoms with E-state index < -0.39 is 5.60 Å². The van der Waals surface area contributed by atoms with E-state index in [0.717, 1.165) is 71.7 Å². The molecule has 1 saturated heterocycles. The van der Waals surface area contributed by atoms with E-state index in [2.05, 4.69) is 16.0 Å². The van der Waals surface area contributed by atoms with Crippen LogP contribution in [0.2, 0.25) is 0 Å². The fourth-order valence-electron chi connectivity index (χ4n) is 5.08. The normalized spacial score (nSPS) is 20.9. The molecule has 0 radical (unpaired) electrons. The van der Waals surface area contributed by atoms with Crippen LogP contribution in [-0.2, 0) is 17.6 Å². The van der Waals surface area contributed by atoms with E-state index in [-0.39, 0.29) is 5.91 Å². The number of piperazine rings is 1. The van der Waals surface area contributed by atoms with Gasteiger partial charge in [-0.1, -0.05) is 0 Å². The summed E-state index contributed by atoms with van der Waals surface area (Å²) < 4.78 is 6.40. The Labute approximate surface area is 196 Å². The van der Waals surface area contributed by atoms with Crippen LogP contribution in [0.15, 0.2) is 12.1 Å². The number of nitrogens with zero attached hydrogens (tertiary/aromatic N) is 3. The molecular formula is C26H36N4O3. The predicted octanol–water partition coefficient (Wildman–Crippen LogP) is 3.07. The summed E-state index contributed by atoms with van der Waals surface area (Å²) in [6.45, 7) is 13.7. The van der Waals surface area contributed by atoms with Crippen molar-refractivity contribution in [2.24, 2.45) is 0 Å². The highest BCUT2D eigenvalue weighted by molar-refractivity contribution is 5.86. The summed E-state index contributed by atoms with van der Waals surface area (Å²) in [4.78, 5) is 22.3. The zero-order valence-corrected chi connectivity index (χ0v) is 20.5. The number of hydrogen-bond donors (Lipinski definition) is 2. The van der Waals surface area contributed by atoms with Gasteiger partial charge in [0.25, 0.3) is 5.91 Å². The van der Waals surface area contributed by atoms with Crippen LogP contribution < -0.4 is 10.5 Å². The van der Waals surface area contributed by atoms with Gasteiger partial charge in [0.05, 0.1) is 0 Å². The molecule has 2 aliphatic rings. The third-order valence-electron chi connectivity index (χ3n) is 7.36. The molecule has 1 aromatic heterocycles. The van der Waals surface area contributed by atoms with Crippen LogP contribution in [0.3, 0.4) is 0 Å². The molecule has 0 spiro atoms. The Hall–Kier alpha value is -2.80. The number of fused-ring (bicyclic) bond motifs is 1. The fourth-order valence-corrected chi connectivity index (χ4v) is 5.08. The maximum absolute atomic E-state index is 13.5. The van der Waals surface area contributed by atoms with Crippen LogP contribution in [-0.4, -0.2) is 64.1 Å². The first-order valence-electron chi connectivity index (χ1n) is 11.8. The number of anilines is 1. The summed E-state index contributed by atoms with van der Waals surface area (Å²) in [7, 11) is 0. The second-order valence-electron chi connectivity index (χ2n) is 9.81. The first-order valence-corrected chi connectivity index (χ1v) is 11.8. The lowest BCUT2D eigenvalue weighted by atomic mass is 9.86. The Morgan fingerprint density at radius 1 is 1.12 bits per heavy atom. The molecule has 1 atom stereocenters. The van der Waals surface area contributed by atoms with Gasteiger partial charge >= 0.3 is 0 Å². The van der Waals surface area contributed by atoms with Crippen molar-refractivity contribution in [3.05, 3.63) is 45.6 Å². The van der Waals surface area contributed by atoms with Crippen LogP contribution >= 0.6 is 0 Å². The molecule has 7 nitrogen and oxygen atoms in total. The van der Waals surface area contributed by atoms with Gasteiger partial charge in [-0.2, -0.15) is 0 Å². The number of rotatable bonds is 4. The smallest absolute Gasteiger partial charge is 0.266 e. The van der Waals surface area contributed by atoms with Crippen molar-refractivity contribution >= 4 is 11.7 Å². The van der Waals surface area contributed by atoms with Crippen molar-refractivity contribution in [3.63, 3.8) is 0 Å². The minimum Gasteiger partial charge on any atom is -0.507 e. The van der Waals surface area contributed by atoms with Crippen molar-refractivity contribution in [1.29, 1.82) is 0 Å². The number of aryl methyl sites for hydroxylation is 1. The monoisotopic (exact) mass is 452 g/mol. The van der Waals surface area contributed by atoms with Crippen molar-refractivity contribution in [2.45, 2.75) is 59.5 Å². The molecule has 2 aliphatic heterocycles. The van der Waals surface area contributed by atoms with Gasteiger partial charge < -0.3 is 20.5 Å². The molecule has 0 bridgehead atoms.